The second kappa shape index (κ2) is 4.31. The number of aliphatic hydroxyl groups excluding tert-OH is 1. The summed E-state index contributed by atoms with van der Waals surface area (Å²) in [6.45, 7) is 2.64. The van der Waals surface area contributed by atoms with Crippen molar-refractivity contribution in [2.24, 2.45) is 5.92 Å². The largest absolute Gasteiger partial charge is 0.461 e. The number of hydrogen-bond acceptors (Lipinski definition) is 6. The highest BCUT2D eigenvalue weighted by atomic mass is 16.5. The van der Waals surface area contributed by atoms with Crippen LogP contribution in [0.2, 0.25) is 0 Å². The molecule has 0 aromatic carbocycles. The normalized spacial score (nSPS) is 17.2. The minimum atomic E-state index is 0.248. The van der Waals surface area contributed by atoms with Gasteiger partial charge in [-0.1, -0.05) is 5.16 Å². The smallest absolute Gasteiger partial charge is 0.241 e. The van der Waals surface area contributed by atoms with Crippen LogP contribution in [0.5, 0.6) is 0 Å². The molecule has 0 aliphatic carbocycles. The van der Waals surface area contributed by atoms with Crippen LogP contribution in [0.3, 0.4) is 0 Å². The molecule has 0 spiro atoms. The molecule has 0 radical (unpaired) electrons. The van der Waals surface area contributed by atoms with Crippen LogP contribution < -0.4 is 0 Å². The lowest BCUT2D eigenvalue weighted by molar-refractivity contribution is 0.0402. The van der Waals surface area contributed by atoms with Gasteiger partial charge in [-0.05, 0) is 12.1 Å². The van der Waals surface area contributed by atoms with E-state index in [1.54, 1.807) is 18.4 Å². The highest BCUT2D eigenvalue weighted by Crippen LogP contribution is 2.20. The molecule has 1 N–H and O–H groups in total. The zero-order chi connectivity index (χ0) is 11.7. The van der Waals surface area contributed by atoms with Gasteiger partial charge in [-0.2, -0.15) is 4.98 Å². The van der Waals surface area contributed by atoms with Gasteiger partial charge in [0.05, 0.1) is 12.8 Å². The van der Waals surface area contributed by atoms with Crippen molar-refractivity contribution in [3.05, 3.63) is 24.3 Å². The summed E-state index contributed by atoms with van der Waals surface area (Å²) in [5, 5.41) is 12.8. The van der Waals surface area contributed by atoms with Crippen molar-refractivity contribution in [2.45, 2.75) is 6.54 Å². The van der Waals surface area contributed by atoms with E-state index in [-0.39, 0.29) is 6.61 Å². The molecule has 3 rings (SSSR count). The Labute approximate surface area is 97.8 Å². The van der Waals surface area contributed by atoms with E-state index in [2.05, 4.69) is 15.0 Å². The maximum atomic E-state index is 8.91. The van der Waals surface area contributed by atoms with E-state index in [1.807, 2.05) is 0 Å². The molecule has 17 heavy (non-hydrogen) atoms. The Morgan fingerprint density at radius 1 is 1.47 bits per heavy atom. The lowest BCUT2D eigenvalue weighted by Gasteiger charge is -2.36. The number of aromatic nitrogens is 2. The highest BCUT2D eigenvalue weighted by Gasteiger charge is 2.27. The van der Waals surface area contributed by atoms with Crippen LogP contribution >= 0.6 is 0 Å². The summed E-state index contributed by atoms with van der Waals surface area (Å²) in [7, 11) is 0. The quantitative estimate of drug-likeness (QED) is 0.843. The maximum absolute atomic E-state index is 8.91. The lowest BCUT2D eigenvalue weighted by Crippen LogP contribution is -2.47. The fraction of sp³-hybridized carbons (Fsp3) is 0.455. The number of likely N-dealkylation sites (tertiary alicyclic amines) is 1. The number of rotatable bonds is 4. The van der Waals surface area contributed by atoms with Crippen molar-refractivity contribution >= 4 is 0 Å². The predicted molar refractivity (Wildman–Crippen MR) is 57.9 cm³/mol. The van der Waals surface area contributed by atoms with Crippen LogP contribution in [0, 0.1) is 5.92 Å². The number of hydrogen-bond donors (Lipinski definition) is 1. The Kier molecular flexibility index (Phi) is 2.66. The third-order valence-corrected chi connectivity index (χ3v) is 2.86. The van der Waals surface area contributed by atoms with E-state index < -0.39 is 0 Å². The highest BCUT2D eigenvalue weighted by molar-refractivity contribution is 5.44. The molecule has 0 saturated carbocycles. The van der Waals surface area contributed by atoms with Crippen molar-refractivity contribution < 1.29 is 14.0 Å². The minimum Gasteiger partial charge on any atom is -0.461 e. The van der Waals surface area contributed by atoms with Gasteiger partial charge < -0.3 is 14.0 Å². The van der Waals surface area contributed by atoms with Gasteiger partial charge in [0.25, 0.3) is 0 Å². The predicted octanol–water partition coefficient (Wildman–Crippen LogP) is 0.754. The van der Waals surface area contributed by atoms with E-state index in [0.29, 0.717) is 29.9 Å². The van der Waals surface area contributed by atoms with Gasteiger partial charge in [0.15, 0.2) is 5.76 Å². The van der Waals surface area contributed by atoms with Gasteiger partial charge in [-0.25, -0.2) is 0 Å². The van der Waals surface area contributed by atoms with Gasteiger partial charge in [0.1, 0.15) is 0 Å². The van der Waals surface area contributed by atoms with Crippen molar-refractivity contribution in [1.82, 2.24) is 15.0 Å². The molecular weight excluding hydrogens is 222 g/mol. The average Bonchev–Trinajstić information content (AvgIpc) is 2.92. The standard InChI is InChI=1S/C11H13N3O3/c15-7-8-4-14(5-8)6-10-12-11(13-17-10)9-2-1-3-16-9/h1-3,8,15H,4-7H2. The van der Waals surface area contributed by atoms with Crippen LogP contribution in [0.15, 0.2) is 27.3 Å². The summed E-state index contributed by atoms with van der Waals surface area (Å²) in [6, 6.07) is 3.58. The number of furan rings is 1. The molecule has 1 aliphatic heterocycles. The van der Waals surface area contributed by atoms with Crippen molar-refractivity contribution in [3.8, 4) is 11.6 Å². The summed E-state index contributed by atoms with van der Waals surface area (Å²) in [5.74, 6) is 2.05. The Balaban J connectivity index is 1.62. The fourth-order valence-corrected chi connectivity index (χ4v) is 1.94. The molecule has 1 aliphatic rings. The first-order chi connectivity index (χ1) is 8.35. The first kappa shape index (κ1) is 10.5. The zero-order valence-corrected chi connectivity index (χ0v) is 9.24. The van der Waals surface area contributed by atoms with Gasteiger partial charge in [0.2, 0.25) is 11.7 Å². The molecule has 0 unspecified atom stereocenters. The monoisotopic (exact) mass is 235 g/mol. The molecule has 2 aromatic rings. The summed E-state index contributed by atoms with van der Waals surface area (Å²) in [4.78, 5) is 6.40. The van der Waals surface area contributed by atoms with Crippen LogP contribution in [0.4, 0.5) is 0 Å². The van der Waals surface area contributed by atoms with E-state index in [0.717, 1.165) is 13.1 Å². The maximum Gasteiger partial charge on any atom is 0.241 e. The van der Waals surface area contributed by atoms with E-state index in [9.17, 15) is 0 Å². The van der Waals surface area contributed by atoms with Crippen molar-refractivity contribution in [3.63, 3.8) is 0 Å². The van der Waals surface area contributed by atoms with Crippen molar-refractivity contribution in [1.29, 1.82) is 0 Å². The summed E-state index contributed by atoms with van der Waals surface area (Å²) >= 11 is 0. The van der Waals surface area contributed by atoms with Gasteiger partial charge in [0, 0.05) is 25.6 Å². The van der Waals surface area contributed by atoms with Crippen LogP contribution in [-0.4, -0.2) is 39.8 Å². The number of aliphatic hydroxyl groups is 1. The lowest BCUT2D eigenvalue weighted by atomic mass is 10.0. The van der Waals surface area contributed by atoms with Crippen molar-refractivity contribution in [2.75, 3.05) is 19.7 Å². The van der Waals surface area contributed by atoms with E-state index >= 15 is 0 Å². The third-order valence-electron chi connectivity index (χ3n) is 2.86. The third kappa shape index (κ3) is 2.09. The average molecular weight is 235 g/mol. The molecule has 1 saturated heterocycles. The Bertz CT molecular complexity index is 474. The second-order valence-electron chi connectivity index (χ2n) is 4.23. The molecule has 6 nitrogen and oxygen atoms in total. The SMILES string of the molecule is OCC1CN(Cc2nc(-c3ccco3)no2)C1. The molecule has 6 heteroatoms. The van der Waals surface area contributed by atoms with Gasteiger partial charge in [-0.15, -0.1) is 0 Å². The van der Waals surface area contributed by atoms with Crippen LogP contribution in [0.1, 0.15) is 5.89 Å². The van der Waals surface area contributed by atoms with Crippen LogP contribution in [0.25, 0.3) is 11.6 Å². The Morgan fingerprint density at radius 2 is 2.35 bits per heavy atom. The first-order valence-corrected chi connectivity index (χ1v) is 5.55. The fourth-order valence-electron chi connectivity index (χ4n) is 1.94. The molecule has 3 heterocycles. The van der Waals surface area contributed by atoms with E-state index in [4.69, 9.17) is 14.0 Å². The molecule has 90 valence electrons. The molecule has 0 bridgehead atoms. The Morgan fingerprint density at radius 3 is 3.06 bits per heavy atom. The molecule has 1 fully saturated rings. The molecular formula is C11H13N3O3. The zero-order valence-electron chi connectivity index (χ0n) is 9.24. The van der Waals surface area contributed by atoms with Gasteiger partial charge in [-0.3, -0.25) is 4.90 Å². The number of nitrogens with zero attached hydrogens (tertiary/aromatic N) is 3. The topological polar surface area (TPSA) is 75.5 Å². The first-order valence-electron chi connectivity index (χ1n) is 5.55. The Hall–Kier alpha value is -1.66. The second-order valence-corrected chi connectivity index (χ2v) is 4.23. The summed E-state index contributed by atoms with van der Waals surface area (Å²) in [5.41, 5.74) is 0. The van der Waals surface area contributed by atoms with Gasteiger partial charge >= 0.3 is 0 Å². The molecule has 2 aromatic heterocycles. The summed E-state index contributed by atoms with van der Waals surface area (Å²) < 4.78 is 10.3. The molecule has 0 amide bonds. The summed E-state index contributed by atoms with van der Waals surface area (Å²) in [6.07, 6.45) is 1.58. The van der Waals surface area contributed by atoms with Crippen LogP contribution in [-0.2, 0) is 6.54 Å². The minimum absolute atomic E-state index is 0.248. The molecule has 0 atom stereocenters. The van der Waals surface area contributed by atoms with E-state index in [1.165, 1.54) is 0 Å².